The van der Waals surface area contributed by atoms with Gasteiger partial charge >= 0.3 is 0 Å². The minimum atomic E-state index is -3.85. The van der Waals surface area contributed by atoms with Crippen LogP contribution in [0.25, 0.3) is 0 Å². The summed E-state index contributed by atoms with van der Waals surface area (Å²) in [4.78, 5) is 12.5. The van der Waals surface area contributed by atoms with Gasteiger partial charge in [-0.2, -0.15) is 5.10 Å². The van der Waals surface area contributed by atoms with Crippen LogP contribution in [-0.2, 0) is 16.6 Å². The van der Waals surface area contributed by atoms with Crippen LogP contribution in [0, 0.1) is 13.8 Å². The van der Waals surface area contributed by atoms with Gasteiger partial charge in [-0.05, 0) is 38.1 Å². The van der Waals surface area contributed by atoms with E-state index in [1.54, 1.807) is 18.5 Å². The molecule has 0 unspecified atom stereocenters. The number of hydrogen-bond acceptors (Lipinski definition) is 7. The van der Waals surface area contributed by atoms with Gasteiger partial charge < -0.3 is 14.6 Å². The van der Waals surface area contributed by atoms with Crippen molar-refractivity contribution >= 4 is 27.5 Å². The van der Waals surface area contributed by atoms with Gasteiger partial charge in [0, 0.05) is 24.2 Å². The highest BCUT2D eigenvalue weighted by Crippen LogP contribution is 2.25. The van der Waals surface area contributed by atoms with Crippen molar-refractivity contribution < 1.29 is 22.5 Å². The Morgan fingerprint density at radius 3 is 2.66 bits per heavy atom. The smallest absolute Gasteiger partial charge is 0.264 e. The summed E-state index contributed by atoms with van der Waals surface area (Å²) >= 11 is 0. The second-order valence-corrected chi connectivity index (χ2v) is 8.28. The Hall–Kier alpha value is -3.34. The molecule has 152 valence electrons. The van der Waals surface area contributed by atoms with Gasteiger partial charge in [-0.15, -0.1) is 0 Å². The number of ether oxygens (including phenoxy) is 1. The van der Waals surface area contributed by atoms with E-state index >= 15 is 0 Å². The molecule has 1 aliphatic heterocycles. The number of benzene rings is 1. The number of sulfonamides is 1. The van der Waals surface area contributed by atoms with Crippen LogP contribution >= 0.6 is 0 Å². The summed E-state index contributed by atoms with van der Waals surface area (Å²) in [5.41, 5.74) is 1.99. The number of nitrogens with one attached hydrogen (secondary N) is 2. The predicted octanol–water partition coefficient (Wildman–Crippen LogP) is 2.32. The van der Waals surface area contributed by atoms with Crippen molar-refractivity contribution in [3.63, 3.8) is 0 Å². The molecule has 0 fully saturated rings. The van der Waals surface area contributed by atoms with Gasteiger partial charge in [-0.1, -0.05) is 5.16 Å². The molecule has 0 spiro atoms. The van der Waals surface area contributed by atoms with E-state index in [9.17, 15) is 13.2 Å². The summed E-state index contributed by atoms with van der Waals surface area (Å²) in [6, 6.07) is 5.78. The van der Waals surface area contributed by atoms with E-state index in [0.717, 1.165) is 6.42 Å². The Labute approximate surface area is 166 Å². The van der Waals surface area contributed by atoms with Crippen molar-refractivity contribution in [2.45, 2.75) is 31.7 Å². The number of amides is 1. The maximum atomic E-state index is 12.5. The standard InChI is InChI=1S/C18H19N5O5S/c1-11-12(2)21-28-17(11)22-29(25,26)14-6-4-13(5-7-14)20-16(24)15-10-19-23-8-3-9-27-18(15)23/h4-7,10,22H,3,8-9H2,1-2H3,(H,20,24). The second-order valence-electron chi connectivity index (χ2n) is 6.59. The van der Waals surface area contributed by atoms with E-state index in [4.69, 9.17) is 9.26 Å². The fourth-order valence-corrected chi connectivity index (χ4v) is 3.88. The third kappa shape index (κ3) is 3.68. The Balaban J connectivity index is 1.48. The Kier molecular flexibility index (Phi) is 4.74. The topological polar surface area (TPSA) is 128 Å². The largest absolute Gasteiger partial charge is 0.477 e. The maximum Gasteiger partial charge on any atom is 0.264 e. The van der Waals surface area contributed by atoms with E-state index in [0.29, 0.717) is 41.5 Å². The molecule has 0 radical (unpaired) electrons. The van der Waals surface area contributed by atoms with Crippen molar-refractivity contribution in [1.29, 1.82) is 0 Å². The Bertz CT molecular complexity index is 1160. The lowest BCUT2D eigenvalue weighted by atomic mass is 10.2. The number of hydrogen-bond donors (Lipinski definition) is 2. The lowest BCUT2D eigenvalue weighted by Crippen LogP contribution is -2.18. The zero-order chi connectivity index (χ0) is 20.6. The molecule has 0 saturated carbocycles. The van der Waals surface area contributed by atoms with Crippen LogP contribution in [0.15, 0.2) is 39.9 Å². The van der Waals surface area contributed by atoms with Gasteiger partial charge in [0.15, 0.2) is 0 Å². The number of rotatable bonds is 5. The minimum Gasteiger partial charge on any atom is -0.477 e. The van der Waals surface area contributed by atoms with Crippen molar-refractivity contribution in [2.75, 3.05) is 16.6 Å². The number of aromatic nitrogens is 3. The quantitative estimate of drug-likeness (QED) is 0.652. The summed E-state index contributed by atoms with van der Waals surface area (Å²) in [5.74, 6) is 0.135. The van der Waals surface area contributed by atoms with Crippen molar-refractivity contribution in [2.24, 2.45) is 0 Å². The Morgan fingerprint density at radius 2 is 1.97 bits per heavy atom. The van der Waals surface area contributed by atoms with Crippen LogP contribution in [-0.4, -0.2) is 35.9 Å². The molecule has 1 aromatic carbocycles. The van der Waals surface area contributed by atoms with Crippen molar-refractivity contribution in [3.05, 3.63) is 47.3 Å². The van der Waals surface area contributed by atoms with Crippen LogP contribution in [0.4, 0.5) is 11.6 Å². The summed E-state index contributed by atoms with van der Waals surface area (Å²) in [5, 5.41) is 10.6. The lowest BCUT2D eigenvalue weighted by Gasteiger charge is -2.15. The van der Waals surface area contributed by atoms with Crippen LogP contribution < -0.4 is 14.8 Å². The molecule has 1 amide bonds. The highest BCUT2D eigenvalue weighted by atomic mass is 32.2. The summed E-state index contributed by atoms with van der Waals surface area (Å²) in [6.07, 6.45) is 2.30. The lowest BCUT2D eigenvalue weighted by molar-refractivity contribution is 0.102. The number of nitrogens with zero attached hydrogens (tertiary/aromatic N) is 3. The van der Waals surface area contributed by atoms with E-state index in [-0.39, 0.29) is 16.7 Å². The molecule has 0 atom stereocenters. The van der Waals surface area contributed by atoms with Gasteiger partial charge in [0.1, 0.15) is 5.56 Å². The van der Waals surface area contributed by atoms with Gasteiger partial charge in [0.25, 0.3) is 15.9 Å². The Morgan fingerprint density at radius 1 is 1.21 bits per heavy atom. The first-order valence-electron chi connectivity index (χ1n) is 8.91. The zero-order valence-electron chi connectivity index (χ0n) is 15.8. The van der Waals surface area contributed by atoms with E-state index < -0.39 is 10.0 Å². The number of carbonyl (C=O) groups excluding carboxylic acids is 1. The summed E-state index contributed by atoms with van der Waals surface area (Å²) < 4.78 is 39.6. The van der Waals surface area contributed by atoms with Crippen LogP contribution in [0.5, 0.6) is 5.88 Å². The first-order valence-corrected chi connectivity index (χ1v) is 10.4. The minimum absolute atomic E-state index is 0.0233. The first kappa shape index (κ1) is 19.0. The monoisotopic (exact) mass is 417 g/mol. The van der Waals surface area contributed by atoms with E-state index in [1.165, 1.54) is 30.5 Å². The third-order valence-electron chi connectivity index (χ3n) is 4.60. The van der Waals surface area contributed by atoms with Crippen LogP contribution in [0.3, 0.4) is 0 Å². The van der Waals surface area contributed by atoms with Gasteiger partial charge in [0.05, 0.1) is 23.4 Å². The van der Waals surface area contributed by atoms with Gasteiger partial charge in [-0.25, -0.2) is 17.8 Å². The van der Waals surface area contributed by atoms with Crippen LogP contribution in [0.1, 0.15) is 28.0 Å². The molecule has 2 aromatic heterocycles. The molecule has 3 aromatic rings. The molecule has 2 N–H and O–H groups in total. The number of anilines is 2. The van der Waals surface area contributed by atoms with Crippen molar-refractivity contribution in [1.82, 2.24) is 14.9 Å². The first-order chi connectivity index (χ1) is 13.8. The van der Waals surface area contributed by atoms with Crippen molar-refractivity contribution in [3.8, 4) is 5.88 Å². The average molecular weight is 417 g/mol. The summed E-state index contributed by atoms with van der Waals surface area (Å²) in [6.45, 7) is 4.67. The molecule has 0 aliphatic carbocycles. The number of aryl methyl sites for hydroxylation is 2. The number of fused-ring (bicyclic) bond motifs is 1. The summed E-state index contributed by atoms with van der Waals surface area (Å²) in [7, 11) is -3.85. The molecular weight excluding hydrogens is 398 g/mol. The molecule has 29 heavy (non-hydrogen) atoms. The molecule has 0 bridgehead atoms. The fraction of sp³-hybridized carbons (Fsp3) is 0.278. The van der Waals surface area contributed by atoms with Gasteiger partial charge in [-0.3, -0.25) is 4.79 Å². The molecule has 3 heterocycles. The maximum absolute atomic E-state index is 12.5. The molecule has 11 heteroatoms. The molecular formula is C18H19N5O5S. The fourth-order valence-electron chi connectivity index (χ4n) is 2.83. The highest BCUT2D eigenvalue weighted by Gasteiger charge is 2.22. The molecule has 10 nitrogen and oxygen atoms in total. The predicted molar refractivity (Wildman–Crippen MR) is 104 cm³/mol. The van der Waals surface area contributed by atoms with Gasteiger partial charge in [0.2, 0.25) is 11.8 Å². The highest BCUT2D eigenvalue weighted by molar-refractivity contribution is 7.92. The second kappa shape index (κ2) is 7.24. The molecule has 1 aliphatic rings. The number of carbonyl (C=O) groups is 1. The van der Waals surface area contributed by atoms with E-state index in [2.05, 4.69) is 20.3 Å². The molecule has 4 rings (SSSR count). The zero-order valence-corrected chi connectivity index (χ0v) is 16.6. The average Bonchev–Trinajstić information content (AvgIpc) is 3.27. The van der Waals surface area contributed by atoms with Crippen LogP contribution in [0.2, 0.25) is 0 Å². The van der Waals surface area contributed by atoms with E-state index in [1.807, 2.05) is 0 Å². The SMILES string of the molecule is Cc1noc(NS(=O)(=O)c2ccc(NC(=O)c3cnn4c3OCCC4)cc2)c1C. The third-order valence-corrected chi connectivity index (χ3v) is 5.94. The molecule has 0 saturated heterocycles. The normalized spacial score (nSPS) is 13.4.